The van der Waals surface area contributed by atoms with Crippen LogP contribution in [0.15, 0.2) is 38.8 Å². The molecule has 6 nitrogen and oxygen atoms in total. The van der Waals surface area contributed by atoms with Gasteiger partial charge in [0.05, 0.1) is 5.69 Å². The maximum Gasteiger partial charge on any atom is 0.343 e. The number of aromatic amines is 1. The summed E-state index contributed by atoms with van der Waals surface area (Å²) >= 11 is 1.47. The Hall–Kier alpha value is -2.28. The molecule has 0 amide bonds. The first kappa shape index (κ1) is 16.6. The van der Waals surface area contributed by atoms with Gasteiger partial charge in [-0.25, -0.2) is 14.9 Å². The zero-order valence-corrected chi connectivity index (χ0v) is 14.8. The second-order valence-corrected chi connectivity index (χ2v) is 6.66. The van der Waals surface area contributed by atoms with Gasteiger partial charge in [0.15, 0.2) is 5.16 Å². The van der Waals surface area contributed by atoms with E-state index in [1.807, 2.05) is 26.0 Å². The van der Waals surface area contributed by atoms with Crippen LogP contribution in [0.3, 0.4) is 0 Å². The van der Waals surface area contributed by atoms with Gasteiger partial charge < -0.3 is 4.42 Å². The molecule has 126 valence electrons. The molecular formula is C17H20N4O2S. The van der Waals surface area contributed by atoms with Crippen LogP contribution in [0.1, 0.15) is 30.2 Å². The normalized spacial score (nSPS) is 11.1. The number of hydrogen-bond acceptors (Lipinski definition) is 5. The smallest absolute Gasteiger partial charge is 0.343 e. The monoisotopic (exact) mass is 344 g/mol. The zero-order valence-electron chi connectivity index (χ0n) is 14.0. The number of thioether (sulfide) groups is 1. The van der Waals surface area contributed by atoms with Crippen molar-refractivity contribution >= 4 is 11.8 Å². The van der Waals surface area contributed by atoms with Crippen molar-refractivity contribution in [1.82, 2.24) is 19.7 Å². The van der Waals surface area contributed by atoms with Crippen LogP contribution in [-0.2, 0) is 12.3 Å². The van der Waals surface area contributed by atoms with Crippen molar-refractivity contribution in [2.24, 2.45) is 0 Å². The van der Waals surface area contributed by atoms with Gasteiger partial charge in [0, 0.05) is 17.9 Å². The molecule has 1 N–H and O–H groups in total. The van der Waals surface area contributed by atoms with Crippen LogP contribution >= 0.6 is 11.8 Å². The van der Waals surface area contributed by atoms with Crippen molar-refractivity contribution in [2.75, 3.05) is 0 Å². The lowest BCUT2D eigenvalue weighted by Crippen LogP contribution is -2.17. The quantitative estimate of drug-likeness (QED) is 0.692. The molecular weight excluding hydrogens is 324 g/mol. The molecule has 1 aromatic carbocycles. The van der Waals surface area contributed by atoms with Crippen LogP contribution in [0.25, 0.3) is 11.5 Å². The van der Waals surface area contributed by atoms with Gasteiger partial charge in [0.2, 0.25) is 5.89 Å². The zero-order chi connectivity index (χ0) is 17.1. The van der Waals surface area contributed by atoms with Crippen LogP contribution in [0.4, 0.5) is 0 Å². The maximum atomic E-state index is 11.7. The van der Waals surface area contributed by atoms with E-state index in [0.29, 0.717) is 23.3 Å². The summed E-state index contributed by atoms with van der Waals surface area (Å²) in [5.41, 5.74) is 4.01. The molecule has 2 aromatic heterocycles. The van der Waals surface area contributed by atoms with Crippen LogP contribution in [0, 0.1) is 13.8 Å². The maximum absolute atomic E-state index is 11.7. The fraction of sp³-hybridized carbons (Fsp3) is 0.353. The van der Waals surface area contributed by atoms with Gasteiger partial charge in [-0.1, -0.05) is 36.4 Å². The number of oxazole rings is 1. The average Bonchev–Trinajstić information content (AvgIpc) is 3.14. The highest BCUT2D eigenvalue weighted by atomic mass is 32.2. The molecule has 0 unspecified atom stereocenters. The van der Waals surface area contributed by atoms with Crippen LogP contribution in [-0.4, -0.2) is 19.7 Å². The number of aromatic nitrogens is 4. The van der Waals surface area contributed by atoms with E-state index in [1.54, 1.807) is 10.8 Å². The number of nitrogens with one attached hydrogen (secondary N) is 1. The number of H-pyrrole nitrogens is 1. The molecule has 0 aliphatic rings. The van der Waals surface area contributed by atoms with Crippen molar-refractivity contribution < 1.29 is 4.42 Å². The average molecular weight is 344 g/mol. The molecule has 0 saturated carbocycles. The van der Waals surface area contributed by atoms with E-state index in [-0.39, 0.29) is 5.69 Å². The Kier molecular flexibility index (Phi) is 4.89. The Labute approximate surface area is 144 Å². The van der Waals surface area contributed by atoms with Crippen molar-refractivity contribution in [3.8, 4) is 11.5 Å². The van der Waals surface area contributed by atoms with E-state index in [0.717, 1.165) is 23.2 Å². The predicted molar refractivity (Wildman–Crippen MR) is 94.1 cm³/mol. The third-order valence-electron chi connectivity index (χ3n) is 3.68. The summed E-state index contributed by atoms with van der Waals surface area (Å²) in [6.07, 6.45) is 2.55. The molecule has 3 rings (SSSR count). The molecule has 0 bridgehead atoms. The third kappa shape index (κ3) is 3.46. The van der Waals surface area contributed by atoms with Crippen molar-refractivity contribution in [3.63, 3.8) is 0 Å². The van der Waals surface area contributed by atoms with Crippen molar-refractivity contribution in [1.29, 1.82) is 0 Å². The number of aryl methyl sites for hydroxylation is 2. The highest BCUT2D eigenvalue weighted by Crippen LogP contribution is 2.26. The first-order valence-electron chi connectivity index (χ1n) is 7.88. The fourth-order valence-electron chi connectivity index (χ4n) is 2.52. The molecule has 24 heavy (non-hydrogen) atoms. The summed E-state index contributed by atoms with van der Waals surface area (Å²) in [4.78, 5) is 16.2. The minimum Gasteiger partial charge on any atom is -0.444 e. The minimum atomic E-state index is -0.171. The van der Waals surface area contributed by atoms with Crippen LogP contribution in [0.2, 0.25) is 0 Å². The van der Waals surface area contributed by atoms with Gasteiger partial charge in [-0.05, 0) is 31.9 Å². The summed E-state index contributed by atoms with van der Waals surface area (Å²) in [6, 6.07) is 6.19. The van der Waals surface area contributed by atoms with Crippen LogP contribution in [0.5, 0.6) is 0 Å². The van der Waals surface area contributed by atoms with E-state index in [4.69, 9.17) is 4.42 Å². The predicted octanol–water partition coefficient (Wildman–Crippen LogP) is 3.55. The van der Waals surface area contributed by atoms with Gasteiger partial charge in [0.1, 0.15) is 6.26 Å². The van der Waals surface area contributed by atoms with Crippen molar-refractivity contribution in [3.05, 3.63) is 51.8 Å². The number of hydrogen-bond donors (Lipinski definition) is 1. The van der Waals surface area contributed by atoms with E-state index in [1.165, 1.54) is 17.3 Å². The van der Waals surface area contributed by atoms with E-state index in [2.05, 4.69) is 28.2 Å². The minimum absolute atomic E-state index is 0.171. The molecule has 0 radical (unpaired) electrons. The third-order valence-corrected chi connectivity index (χ3v) is 4.69. The molecule has 0 saturated heterocycles. The molecule has 7 heteroatoms. The van der Waals surface area contributed by atoms with E-state index >= 15 is 0 Å². The first-order valence-corrected chi connectivity index (χ1v) is 8.87. The Morgan fingerprint density at radius 3 is 2.92 bits per heavy atom. The largest absolute Gasteiger partial charge is 0.444 e. The summed E-state index contributed by atoms with van der Waals surface area (Å²) in [5.74, 6) is 1.22. The van der Waals surface area contributed by atoms with E-state index < -0.39 is 0 Å². The Balaban J connectivity index is 1.74. The highest BCUT2D eigenvalue weighted by Gasteiger charge is 2.12. The molecule has 0 aliphatic heterocycles. The standard InChI is InChI=1S/C17H20N4O2S/c1-4-7-21-16(22)19-20-17(21)24-10-13-9-23-15(18-13)14-6-5-11(2)8-12(14)3/h5-6,8-9H,4,7,10H2,1-3H3,(H,19,22). The van der Waals surface area contributed by atoms with Gasteiger partial charge in [-0.15, -0.1) is 5.10 Å². The van der Waals surface area contributed by atoms with E-state index in [9.17, 15) is 4.79 Å². The molecule has 3 aromatic rings. The Morgan fingerprint density at radius 1 is 1.33 bits per heavy atom. The SMILES string of the molecule is CCCn1c(SCc2coc(-c3ccc(C)cc3C)n2)n[nH]c1=O. The first-order chi connectivity index (χ1) is 11.6. The number of nitrogens with zero attached hydrogens (tertiary/aromatic N) is 3. The second kappa shape index (κ2) is 7.09. The molecule has 2 heterocycles. The molecule has 0 spiro atoms. The number of benzene rings is 1. The van der Waals surface area contributed by atoms with Gasteiger partial charge in [-0.3, -0.25) is 4.57 Å². The van der Waals surface area contributed by atoms with Crippen LogP contribution < -0.4 is 5.69 Å². The lowest BCUT2D eigenvalue weighted by Gasteiger charge is -2.02. The summed E-state index contributed by atoms with van der Waals surface area (Å²) in [6.45, 7) is 6.80. The topological polar surface area (TPSA) is 76.7 Å². The van der Waals surface area contributed by atoms with Gasteiger partial charge in [-0.2, -0.15) is 0 Å². The summed E-state index contributed by atoms with van der Waals surface area (Å²) in [5, 5.41) is 7.24. The van der Waals surface area contributed by atoms with Gasteiger partial charge >= 0.3 is 5.69 Å². The van der Waals surface area contributed by atoms with Crippen molar-refractivity contribution in [2.45, 2.75) is 44.6 Å². The lowest BCUT2D eigenvalue weighted by atomic mass is 10.1. The van der Waals surface area contributed by atoms with Gasteiger partial charge in [0.25, 0.3) is 0 Å². The number of rotatable bonds is 6. The fourth-order valence-corrected chi connectivity index (χ4v) is 3.37. The molecule has 0 fully saturated rings. The summed E-state index contributed by atoms with van der Waals surface area (Å²) in [7, 11) is 0. The summed E-state index contributed by atoms with van der Waals surface area (Å²) < 4.78 is 7.27. The second-order valence-electron chi connectivity index (χ2n) is 5.71. The Bertz CT molecular complexity index is 894. The highest BCUT2D eigenvalue weighted by molar-refractivity contribution is 7.98. The molecule has 0 atom stereocenters. The Morgan fingerprint density at radius 2 is 2.17 bits per heavy atom. The molecule has 0 aliphatic carbocycles. The lowest BCUT2D eigenvalue weighted by molar-refractivity contribution is 0.573.